The van der Waals surface area contributed by atoms with E-state index in [1.54, 1.807) is 35.6 Å². The minimum Gasteiger partial charge on any atom is -0.494 e. The molecular formula is C19H27NO3S. The van der Waals surface area contributed by atoms with Gasteiger partial charge in [0.1, 0.15) is 5.75 Å². The SMILES string of the molecule is CCOc1ccc(S(=O)(=O)N(C)C23CC4CC(CC(C4)C2)C3)cc1. The van der Waals surface area contributed by atoms with Crippen LogP contribution in [0.15, 0.2) is 29.2 Å². The van der Waals surface area contributed by atoms with Gasteiger partial charge in [0.2, 0.25) is 10.0 Å². The molecule has 24 heavy (non-hydrogen) atoms. The Hall–Kier alpha value is -1.07. The molecule has 0 unspecified atom stereocenters. The Labute approximate surface area is 145 Å². The third-order valence-corrected chi connectivity index (χ3v) is 8.44. The van der Waals surface area contributed by atoms with E-state index in [2.05, 4.69) is 0 Å². The van der Waals surface area contributed by atoms with Crippen molar-refractivity contribution in [1.29, 1.82) is 0 Å². The zero-order chi connectivity index (χ0) is 16.9. The molecule has 4 saturated carbocycles. The topological polar surface area (TPSA) is 46.6 Å². The molecule has 5 rings (SSSR count). The van der Waals surface area contributed by atoms with Crippen LogP contribution in [0.2, 0.25) is 0 Å². The summed E-state index contributed by atoms with van der Waals surface area (Å²) in [5.41, 5.74) is -0.147. The summed E-state index contributed by atoms with van der Waals surface area (Å²) in [6, 6.07) is 6.86. The van der Waals surface area contributed by atoms with Gasteiger partial charge in [0.15, 0.2) is 0 Å². The van der Waals surface area contributed by atoms with Crippen LogP contribution in [-0.2, 0) is 10.0 Å². The van der Waals surface area contributed by atoms with Gasteiger partial charge in [0.25, 0.3) is 0 Å². The van der Waals surface area contributed by atoms with Crippen molar-refractivity contribution >= 4 is 10.0 Å². The van der Waals surface area contributed by atoms with E-state index < -0.39 is 10.0 Å². The largest absolute Gasteiger partial charge is 0.494 e. The molecule has 0 atom stereocenters. The van der Waals surface area contributed by atoms with E-state index in [0.29, 0.717) is 17.3 Å². The van der Waals surface area contributed by atoms with Gasteiger partial charge < -0.3 is 4.74 Å². The minimum absolute atomic E-state index is 0.147. The van der Waals surface area contributed by atoms with Crippen LogP contribution in [0.4, 0.5) is 0 Å². The molecule has 132 valence electrons. The molecular weight excluding hydrogens is 322 g/mol. The molecule has 1 aromatic carbocycles. The molecule has 0 aromatic heterocycles. The van der Waals surface area contributed by atoms with Crippen LogP contribution in [0.1, 0.15) is 45.4 Å². The van der Waals surface area contributed by atoms with Gasteiger partial charge in [0, 0.05) is 12.6 Å². The molecule has 4 nitrogen and oxygen atoms in total. The lowest BCUT2D eigenvalue weighted by molar-refractivity contribution is -0.0495. The fraction of sp³-hybridized carbons (Fsp3) is 0.684. The number of ether oxygens (including phenoxy) is 1. The Balaban J connectivity index is 1.62. The summed E-state index contributed by atoms with van der Waals surface area (Å²) in [6.45, 7) is 2.50. The van der Waals surface area contributed by atoms with Crippen molar-refractivity contribution < 1.29 is 13.2 Å². The second-order valence-corrected chi connectivity index (χ2v) is 9.99. The predicted molar refractivity (Wildman–Crippen MR) is 93.5 cm³/mol. The Morgan fingerprint density at radius 1 is 1.04 bits per heavy atom. The average molecular weight is 349 g/mol. The normalized spacial score (nSPS) is 34.7. The van der Waals surface area contributed by atoms with Crippen molar-refractivity contribution in [2.24, 2.45) is 17.8 Å². The summed E-state index contributed by atoms with van der Waals surface area (Å²) >= 11 is 0. The highest BCUT2D eigenvalue weighted by molar-refractivity contribution is 7.89. The van der Waals surface area contributed by atoms with Gasteiger partial charge in [-0.25, -0.2) is 8.42 Å². The summed E-state index contributed by atoms with van der Waals surface area (Å²) in [5.74, 6) is 2.91. The van der Waals surface area contributed by atoms with E-state index in [1.165, 1.54) is 19.3 Å². The van der Waals surface area contributed by atoms with E-state index in [1.807, 2.05) is 6.92 Å². The Kier molecular flexibility index (Phi) is 3.92. The summed E-state index contributed by atoms with van der Waals surface area (Å²) in [4.78, 5) is 0.379. The van der Waals surface area contributed by atoms with Crippen molar-refractivity contribution in [1.82, 2.24) is 4.31 Å². The van der Waals surface area contributed by atoms with Crippen LogP contribution in [0.3, 0.4) is 0 Å². The molecule has 0 spiro atoms. The van der Waals surface area contributed by atoms with Gasteiger partial charge in [-0.1, -0.05) is 0 Å². The quantitative estimate of drug-likeness (QED) is 0.815. The molecule has 4 aliphatic carbocycles. The predicted octanol–water partition coefficient (Wildman–Crippen LogP) is 3.67. The van der Waals surface area contributed by atoms with Crippen LogP contribution in [0.5, 0.6) is 5.75 Å². The maximum absolute atomic E-state index is 13.2. The Morgan fingerprint density at radius 3 is 2.00 bits per heavy atom. The van der Waals surface area contributed by atoms with Crippen molar-refractivity contribution in [2.45, 2.75) is 55.9 Å². The van der Waals surface area contributed by atoms with Gasteiger partial charge in [0.05, 0.1) is 11.5 Å². The molecule has 0 amide bonds. The maximum atomic E-state index is 13.2. The third kappa shape index (κ3) is 2.57. The highest BCUT2D eigenvalue weighted by Crippen LogP contribution is 2.58. The van der Waals surface area contributed by atoms with Gasteiger partial charge in [-0.2, -0.15) is 4.31 Å². The zero-order valence-corrected chi connectivity index (χ0v) is 15.4. The highest BCUT2D eigenvalue weighted by Gasteiger charge is 2.55. The molecule has 0 aliphatic heterocycles. The summed E-state index contributed by atoms with van der Waals surface area (Å²) in [6.07, 6.45) is 7.09. The first-order valence-corrected chi connectivity index (χ1v) is 10.6. The van der Waals surface area contributed by atoms with E-state index in [0.717, 1.165) is 37.0 Å². The molecule has 4 aliphatic rings. The number of nitrogens with zero attached hydrogens (tertiary/aromatic N) is 1. The number of sulfonamides is 1. The van der Waals surface area contributed by atoms with E-state index in [-0.39, 0.29) is 5.54 Å². The molecule has 4 bridgehead atoms. The lowest BCUT2D eigenvalue weighted by Gasteiger charge is -2.59. The third-order valence-electron chi connectivity index (χ3n) is 6.47. The first-order valence-electron chi connectivity index (χ1n) is 9.15. The number of hydrogen-bond donors (Lipinski definition) is 0. The maximum Gasteiger partial charge on any atom is 0.243 e. The van der Waals surface area contributed by atoms with Gasteiger partial charge >= 0.3 is 0 Å². The van der Waals surface area contributed by atoms with Gasteiger partial charge in [-0.3, -0.25) is 0 Å². The van der Waals surface area contributed by atoms with Gasteiger partial charge in [-0.05, 0) is 87.5 Å². The molecule has 4 fully saturated rings. The summed E-state index contributed by atoms with van der Waals surface area (Å²) in [7, 11) is -1.65. The van der Waals surface area contributed by atoms with Crippen LogP contribution in [0.25, 0.3) is 0 Å². The summed E-state index contributed by atoms with van der Waals surface area (Å²) < 4.78 is 33.6. The highest BCUT2D eigenvalue weighted by atomic mass is 32.2. The Morgan fingerprint density at radius 2 is 1.54 bits per heavy atom. The van der Waals surface area contributed by atoms with Crippen molar-refractivity contribution in [2.75, 3.05) is 13.7 Å². The van der Waals surface area contributed by atoms with Crippen LogP contribution in [-0.4, -0.2) is 31.9 Å². The zero-order valence-electron chi connectivity index (χ0n) is 14.6. The first kappa shape index (κ1) is 16.4. The average Bonchev–Trinajstić information content (AvgIpc) is 2.54. The lowest BCUT2D eigenvalue weighted by atomic mass is 9.53. The van der Waals surface area contributed by atoms with Crippen LogP contribution in [0, 0.1) is 17.8 Å². The van der Waals surface area contributed by atoms with Crippen molar-refractivity contribution in [3.63, 3.8) is 0 Å². The number of benzene rings is 1. The molecule has 5 heteroatoms. The summed E-state index contributed by atoms with van der Waals surface area (Å²) in [5, 5.41) is 0. The Bertz CT molecular complexity index is 675. The van der Waals surface area contributed by atoms with Gasteiger partial charge in [-0.15, -0.1) is 0 Å². The molecule has 0 N–H and O–H groups in total. The lowest BCUT2D eigenvalue weighted by Crippen LogP contribution is -2.60. The fourth-order valence-corrected chi connectivity index (χ4v) is 7.27. The minimum atomic E-state index is -3.46. The molecule has 1 aromatic rings. The fourth-order valence-electron chi connectivity index (χ4n) is 5.74. The van der Waals surface area contributed by atoms with Crippen LogP contribution < -0.4 is 4.74 Å². The monoisotopic (exact) mass is 349 g/mol. The number of hydrogen-bond acceptors (Lipinski definition) is 3. The number of rotatable bonds is 5. The smallest absolute Gasteiger partial charge is 0.243 e. The second-order valence-electron chi connectivity index (χ2n) is 8.02. The van der Waals surface area contributed by atoms with E-state index in [4.69, 9.17) is 4.74 Å². The second kappa shape index (κ2) is 5.73. The van der Waals surface area contributed by atoms with Crippen molar-refractivity contribution in [3.8, 4) is 5.75 Å². The van der Waals surface area contributed by atoms with E-state index in [9.17, 15) is 8.42 Å². The molecule has 0 saturated heterocycles. The van der Waals surface area contributed by atoms with Crippen molar-refractivity contribution in [3.05, 3.63) is 24.3 Å². The van der Waals surface area contributed by atoms with Crippen LogP contribution >= 0.6 is 0 Å². The molecule has 0 radical (unpaired) electrons. The standard InChI is InChI=1S/C19H27NO3S/c1-3-23-17-4-6-18(7-5-17)24(21,22)20(2)19-11-14-8-15(12-19)10-16(9-14)13-19/h4-7,14-16H,3,8-13H2,1-2H3. The van der Waals surface area contributed by atoms with E-state index >= 15 is 0 Å². The first-order chi connectivity index (χ1) is 11.4. The molecule has 0 heterocycles.